The van der Waals surface area contributed by atoms with Gasteiger partial charge in [-0.25, -0.2) is 0 Å². The summed E-state index contributed by atoms with van der Waals surface area (Å²) < 4.78 is 0. The molecule has 0 N–H and O–H groups in total. The summed E-state index contributed by atoms with van der Waals surface area (Å²) in [6, 6.07) is 0. The molecule has 0 nitrogen and oxygen atoms in total. The van der Waals surface area contributed by atoms with Gasteiger partial charge in [0, 0.05) is 0 Å². The van der Waals surface area contributed by atoms with Crippen molar-refractivity contribution in [2.45, 2.75) is 68.7 Å². The second-order valence-electron chi connectivity index (χ2n) is 7.33. The van der Waals surface area contributed by atoms with Crippen LogP contribution in [0.2, 0.25) is 0 Å². The summed E-state index contributed by atoms with van der Waals surface area (Å²) in [7, 11) is 0. The van der Waals surface area contributed by atoms with Gasteiger partial charge in [0.1, 0.15) is 0 Å². The number of allylic oxidation sites excluding steroid dienone is 1. The highest BCUT2D eigenvalue weighted by atomic mass is 14.5. The van der Waals surface area contributed by atoms with E-state index in [1.807, 2.05) is 0 Å². The summed E-state index contributed by atoms with van der Waals surface area (Å²) in [5.41, 5.74) is 2.22. The smallest absolute Gasteiger partial charge is 0.0178 e. The van der Waals surface area contributed by atoms with Crippen molar-refractivity contribution in [2.24, 2.45) is 22.2 Å². The van der Waals surface area contributed by atoms with E-state index in [4.69, 9.17) is 0 Å². The zero-order valence-corrected chi connectivity index (χ0v) is 13.0. The van der Waals surface area contributed by atoms with Crippen LogP contribution in [0.4, 0.5) is 0 Å². The van der Waals surface area contributed by atoms with Gasteiger partial charge in [0.15, 0.2) is 0 Å². The van der Waals surface area contributed by atoms with E-state index in [2.05, 4.69) is 68.9 Å². The maximum atomic E-state index is 4.23. The average molecular weight is 224 g/mol. The lowest BCUT2D eigenvalue weighted by Gasteiger charge is -2.54. The van der Waals surface area contributed by atoms with Crippen LogP contribution in [0.5, 0.6) is 0 Å². The van der Waals surface area contributed by atoms with Gasteiger partial charge in [-0.15, -0.1) is 0 Å². The molecular formula is C16H32. The Hall–Kier alpha value is -0.260. The Morgan fingerprint density at radius 1 is 1.00 bits per heavy atom. The van der Waals surface area contributed by atoms with Gasteiger partial charge >= 0.3 is 0 Å². The molecule has 0 spiro atoms. The quantitative estimate of drug-likeness (QED) is 0.538. The highest BCUT2D eigenvalue weighted by Crippen LogP contribution is 2.55. The fraction of sp³-hybridized carbons (Fsp3) is 0.875. The topological polar surface area (TPSA) is 0 Å². The lowest BCUT2D eigenvalue weighted by molar-refractivity contribution is -0.0346. The highest BCUT2D eigenvalue weighted by Gasteiger charge is 2.48. The summed E-state index contributed by atoms with van der Waals surface area (Å²) in [6.07, 6.45) is 1.09. The van der Waals surface area contributed by atoms with Crippen LogP contribution in [0.1, 0.15) is 68.7 Å². The molecule has 0 aliphatic carbocycles. The van der Waals surface area contributed by atoms with E-state index >= 15 is 0 Å². The molecule has 0 aromatic rings. The van der Waals surface area contributed by atoms with Crippen molar-refractivity contribution < 1.29 is 0 Å². The van der Waals surface area contributed by atoms with Crippen LogP contribution in [0.25, 0.3) is 0 Å². The standard InChI is InChI=1S/C16H32/c1-11-12(2)13(3)15(7,8)16(9,10)14(4,5)6/h13H,2,11H2,1,3-10H3. The van der Waals surface area contributed by atoms with Crippen molar-refractivity contribution in [2.75, 3.05) is 0 Å². The molecule has 16 heavy (non-hydrogen) atoms. The van der Waals surface area contributed by atoms with Gasteiger partial charge < -0.3 is 0 Å². The summed E-state index contributed by atoms with van der Waals surface area (Å²) in [5.74, 6) is 0.562. The van der Waals surface area contributed by atoms with E-state index in [1.165, 1.54) is 5.57 Å². The highest BCUT2D eigenvalue weighted by molar-refractivity contribution is 5.08. The predicted octanol–water partition coefficient (Wildman–Crippen LogP) is 5.69. The molecule has 0 bridgehead atoms. The van der Waals surface area contributed by atoms with Crippen molar-refractivity contribution in [1.29, 1.82) is 0 Å². The first-order chi connectivity index (χ1) is 6.89. The minimum atomic E-state index is 0.262. The van der Waals surface area contributed by atoms with E-state index < -0.39 is 0 Å². The molecule has 0 aromatic heterocycles. The maximum Gasteiger partial charge on any atom is -0.0178 e. The lowest BCUT2D eigenvalue weighted by atomic mass is 9.51. The fourth-order valence-corrected chi connectivity index (χ4v) is 2.32. The van der Waals surface area contributed by atoms with Crippen molar-refractivity contribution in [3.8, 4) is 0 Å². The molecular weight excluding hydrogens is 192 g/mol. The van der Waals surface area contributed by atoms with E-state index in [1.54, 1.807) is 0 Å². The van der Waals surface area contributed by atoms with Crippen LogP contribution in [0, 0.1) is 22.2 Å². The third-order valence-corrected chi connectivity index (χ3v) is 5.63. The molecule has 0 aliphatic rings. The Morgan fingerprint density at radius 2 is 1.38 bits per heavy atom. The second-order valence-corrected chi connectivity index (χ2v) is 7.33. The van der Waals surface area contributed by atoms with Gasteiger partial charge in [-0.05, 0) is 28.6 Å². The van der Waals surface area contributed by atoms with E-state index in [0.29, 0.717) is 11.3 Å². The zero-order chi connectivity index (χ0) is 13.4. The summed E-state index contributed by atoms with van der Waals surface area (Å²) in [6.45, 7) is 25.4. The molecule has 96 valence electrons. The monoisotopic (exact) mass is 224 g/mol. The number of hydrogen-bond acceptors (Lipinski definition) is 0. The Labute approximate surface area is 104 Å². The van der Waals surface area contributed by atoms with Gasteiger partial charge in [-0.3, -0.25) is 0 Å². The molecule has 0 aliphatic heterocycles. The Kier molecular flexibility index (Phi) is 4.47. The normalized spacial score (nSPS) is 16.1. The minimum Gasteiger partial charge on any atom is -0.0996 e. The Bertz CT molecular complexity index is 248. The number of hydrogen-bond donors (Lipinski definition) is 0. The molecule has 0 radical (unpaired) electrons. The van der Waals surface area contributed by atoms with Crippen molar-refractivity contribution in [1.82, 2.24) is 0 Å². The molecule has 0 saturated carbocycles. The lowest BCUT2D eigenvalue weighted by Crippen LogP contribution is -2.46. The molecule has 1 atom stereocenters. The van der Waals surface area contributed by atoms with Crippen LogP contribution in [-0.4, -0.2) is 0 Å². The molecule has 0 heterocycles. The zero-order valence-electron chi connectivity index (χ0n) is 13.0. The van der Waals surface area contributed by atoms with Gasteiger partial charge in [-0.2, -0.15) is 0 Å². The average Bonchev–Trinajstić information content (AvgIpc) is 2.13. The predicted molar refractivity (Wildman–Crippen MR) is 75.6 cm³/mol. The van der Waals surface area contributed by atoms with Crippen molar-refractivity contribution in [3.05, 3.63) is 12.2 Å². The van der Waals surface area contributed by atoms with Crippen molar-refractivity contribution in [3.63, 3.8) is 0 Å². The second kappa shape index (κ2) is 4.55. The largest absolute Gasteiger partial charge is 0.0996 e. The minimum absolute atomic E-state index is 0.262. The summed E-state index contributed by atoms with van der Waals surface area (Å²) in [5, 5.41) is 0. The third-order valence-electron chi connectivity index (χ3n) is 5.63. The molecule has 0 heteroatoms. The van der Waals surface area contributed by atoms with Crippen LogP contribution in [0.3, 0.4) is 0 Å². The van der Waals surface area contributed by atoms with Gasteiger partial charge in [0.05, 0.1) is 0 Å². The van der Waals surface area contributed by atoms with E-state index in [-0.39, 0.29) is 10.8 Å². The van der Waals surface area contributed by atoms with Crippen LogP contribution in [0.15, 0.2) is 12.2 Å². The molecule has 1 unspecified atom stereocenters. The summed E-state index contributed by atoms with van der Waals surface area (Å²) >= 11 is 0. The first-order valence-corrected chi connectivity index (χ1v) is 6.57. The van der Waals surface area contributed by atoms with E-state index in [0.717, 1.165) is 6.42 Å². The SMILES string of the molecule is C=C(CC)C(C)C(C)(C)C(C)(C)C(C)(C)C. The maximum absolute atomic E-state index is 4.23. The fourth-order valence-electron chi connectivity index (χ4n) is 2.32. The Balaban J connectivity index is 5.27. The van der Waals surface area contributed by atoms with Crippen LogP contribution < -0.4 is 0 Å². The first-order valence-electron chi connectivity index (χ1n) is 6.57. The number of rotatable bonds is 4. The van der Waals surface area contributed by atoms with Gasteiger partial charge in [0.2, 0.25) is 0 Å². The molecule has 0 saturated heterocycles. The third kappa shape index (κ3) is 2.52. The summed E-state index contributed by atoms with van der Waals surface area (Å²) in [4.78, 5) is 0. The van der Waals surface area contributed by atoms with Gasteiger partial charge in [0.25, 0.3) is 0 Å². The first kappa shape index (κ1) is 15.7. The molecule has 0 rings (SSSR count). The molecule has 0 fully saturated rings. The molecule has 0 aromatic carbocycles. The van der Waals surface area contributed by atoms with Crippen molar-refractivity contribution >= 4 is 0 Å². The van der Waals surface area contributed by atoms with Crippen LogP contribution in [-0.2, 0) is 0 Å². The van der Waals surface area contributed by atoms with E-state index in [9.17, 15) is 0 Å². The molecule has 0 amide bonds. The van der Waals surface area contributed by atoms with Crippen LogP contribution >= 0.6 is 0 Å². The van der Waals surface area contributed by atoms with Gasteiger partial charge in [-0.1, -0.05) is 74.5 Å². The Morgan fingerprint density at radius 3 is 1.62 bits per heavy atom.